The van der Waals surface area contributed by atoms with Gasteiger partial charge in [0.25, 0.3) is 0 Å². The van der Waals surface area contributed by atoms with E-state index >= 15 is 0 Å². The van der Waals surface area contributed by atoms with E-state index in [9.17, 15) is 0 Å². The summed E-state index contributed by atoms with van der Waals surface area (Å²) >= 11 is 6.17. The van der Waals surface area contributed by atoms with Gasteiger partial charge >= 0.3 is 0 Å². The first-order chi connectivity index (χ1) is 8.79. The van der Waals surface area contributed by atoms with Gasteiger partial charge in [0, 0.05) is 18.0 Å². The lowest BCUT2D eigenvalue weighted by molar-refractivity contribution is 0.252. The Balaban J connectivity index is 1.94. The van der Waals surface area contributed by atoms with Crippen LogP contribution in [0.25, 0.3) is 0 Å². The second-order valence-corrected chi connectivity index (χ2v) is 5.49. The van der Waals surface area contributed by atoms with Crippen LogP contribution in [0.5, 0.6) is 0 Å². The number of nitrogens with zero attached hydrogens (tertiary/aromatic N) is 3. The van der Waals surface area contributed by atoms with Gasteiger partial charge in [-0.1, -0.05) is 26.2 Å². The molecule has 1 heterocycles. The lowest BCUT2D eigenvalue weighted by Gasteiger charge is -2.36. The number of hydrogen-bond donors (Lipinski definition) is 1. The zero-order valence-corrected chi connectivity index (χ0v) is 11.9. The van der Waals surface area contributed by atoms with Gasteiger partial charge in [0.1, 0.15) is 12.2 Å². The summed E-state index contributed by atoms with van der Waals surface area (Å²) in [5.41, 5.74) is 0.114. The number of halogens is 1. The van der Waals surface area contributed by atoms with Crippen molar-refractivity contribution in [2.75, 3.05) is 5.88 Å². The monoisotopic (exact) mass is 270 g/mol. The molecule has 1 aliphatic rings. The van der Waals surface area contributed by atoms with E-state index in [1.54, 1.807) is 6.33 Å². The Morgan fingerprint density at radius 1 is 1.39 bits per heavy atom. The van der Waals surface area contributed by atoms with Gasteiger partial charge in [-0.25, -0.2) is 9.67 Å². The van der Waals surface area contributed by atoms with Gasteiger partial charge in [-0.2, -0.15) is 5.10 Å². The highest BCUT2D eigenvalue weighted by molar-refractivity contribution is 6.18. The zero-order valence-electron chi connectivity index (χ0n) is 11.2. The Hall–Kier alpha value is -0.610. The fourth-order valence-electron chi connectivity index (χ4n) is 2.68. The first-order valence-corrected chi connectivity index (χ1v) is 7.51. The second-order valence-electron chi connectivity index (χ2n) is 5.23. The van der Waals surface area contributed by atoms with E-state index in [4.69, 9.17) is 11.6 Å². The summed E-state index contributed by atoms with van der Waals surface area (Å²) < 4.78 is 1.98. The van der Waals surface area contributed by atoms with Crippen molar-refractivity contribution in [2.24, 2.45) is 0 Å². The van der Waals surface area contributed by atoms with Gasteiger partial charge in [-0.3, -0.25) is 0 Å². The van der Waals surface area contributed by atoms with Crippen molar-refractivity contribution in [3.63, 3.8) is 0 Å². The molecule has 4 nitrogen and oxygen atoms in total. The van der Waals surface area contributed by atoms with Crippen molar-refractivity contribution in [1.29, 1.82) is 0 Å². The minimum Gasteiger partial charge on any atom is -0.303 e. The largest absolute Gasteiger partial charge is 0.303 e. The van der Waals surface area contributed by atoms with Crippen LogP contribution in [0.1, 0.15) is 51.3 Å². The van der Waals surface area contributed by atoms with Gasteiger partial charge in [0.2, 0.25) is 0 Å². The molecular formula is C13H23ClN4. The van der Waals surface area contributed by atoms with E-state index in [1.807, 2.05) is 4.68 Å². The van der Waals surface area contributed by atoms with Crippen LogP contribution in [0.4, 0.5) is 0 Å². The van der Waals surface area contributed by atoms with Crippen LogP contribution >= 0.6 is 11.6 Å². The van der Waals surface area contributed by atoms with E-state index in [2.05, 4.69) is 22.3 Å². The van der Waals surface area contributed by atoms with Gasteiger partial charge < -0.3 is 5.32 Å². The molecule has 1 aromatic heterocycles. The molecule has 1 saturated carbocycles. The quantitative estimate of drug-likeness (QED) is 0.809. The maximum Gasteiger partial charge on any atom is 0.140 e. The smallest absolute Gasteiger partial charge is 0.140 e. The maximum atomic E-state index is 6.17. The van der Waals surface area contributed by atoms with E-state index in [0.717, 1.165) is 25.3 Å². The molecule has 1 aliphatic carbocycles. The Morgan fingerprint density at radius 3 is 2.83 bits per heavy atom. The van der Waals surface area contributed by atoms with Gasteiger partial charge in [0.15, 0.2) is 0 Å². The molecule has 0 saturated heterocycles. The van der Waals surface area contributed by atoms with Crippen LogP contribution in [0, 0.1) is 0 Å². The summed E-state index contributed by atoms with van der Waals surface area (Å²) in [4.78, 5) is 4.33. The lowest BCUT2D eigenvalue weighted by atomic mass is 9.83. The molecule has 0 unspecified atom stereocenters. The van der Waals surface area contributed by atoms with Gasteiger partial charge in [-0.15, -0.1) is 11.6 Å². The first kappa shape index (κ1) is 13.8. The molecule has 0 aliphatic heterocycles. The highest BCUT2D eigenvalue weighted by Gasteiger charge is 2.30. The van der Waals surface area contributed by atoms with Crippen molar-refractivity contribution in [1.82, 2.24) is 20.1 Å². The third-order valence-electron chi connectivity index (χ3n) is 3.82. The Morgan fingerprint density at radius 2 is 2.17 bits per heavy atom. The number of rotatable bonds is 6. The van der Waals surface area contributed by atoms with Crippen LogP contribution < -0.4 is 5.32 Å². The second kappa shape index (κ2) is 6.53. The van der Waals surface area contributed by atoms with Crippen molar-refractivity contribution in [2.45, 2.75) is 64.1 Å². The summed E-state index contributed by atoms with van der Waals surface area (Å²) in [7, 11) is 0. The van der Waals surface area contributed by atoms with Crippen molar-refractivity contribution < 1.29 is 0 Å². The predicted molar refractivity (Wildman–Crippen MR) is 73.7 cm³/mol. The zero-order chi connectivity index (χ0) is 12.8. The minimum atomic E-state index is 0.114. The molecule has 102 valence electrons. The number of alkyl halides is 1. The summed E-state index contributed by atoms with van der Waals surface area (Å²) in [6.45, 7) is 3.86. The number of aryl methyl sites for hydroxylation is 1. The Labute approximate surface area is 114 Å². The van der Waals surface area contributed by atoms with E-state index in [0.29, 0.717) is 5.88 Å². The summed E-state index contributed by atoms with van der Waals surface area (Å²) in [5, 5.41) is 7.88. The van der Waals surface area contributed by atoms with Gasteiger partial charge in [0.05, 0.1) is 6.54 Å². The number of nitrogens with one attached hydrogen (secondary N) is 1. The molecule has 0 amide bonds. The minimum absolute atomic E-state index is 0.114. The first-order valence-electron chi connectivity index (χ1n) is 6.97. The molecule has 0 bridgehead atoms. The van der Waals surface area contributed by atoms with Crippen LogP contribution in [0.3, 0.4) is 0 Å². The topological polar surface area (TPSA) is 42.7 Å². The normalized spacial score (nSPS) is 19.0. The average molecular weight is 271 g/mol. The fourth-order valence-corrected chi connectivity index (χ4v) is 3.04. The predicted octanol–water partition coefficient (Wildman–Crippen LogP) is 2.72. The molecule has 0 spiro atoms. The molecule has 0 atom stereocenters. The number of hydrogen-bond acceptors (Lipinski definition) is 3. The van der Waals surface area contributed by atoms with E-state index in [1.165, 1.54) is 32.1 Å². The summed E-state index contributed by atoms with van der Waals surface area (Å²) in [5.74, 6) is 1.71. The molecule has 1 fully saturated rings. The molecule has 1 N–H and O–H groups in total. The summed E-state index contributed by atoms with van der Waals surface area (Å²) in [6.07, 6.45) is 8.98. The SMILES string of the molecule is CCCn1ncnc1CNC1(CCl)CCCCC1. The molecule has 2 rings (SSSR count). The van der Waals surface area contributed by atoms with Crippen LogP contribution in [0.15, 0.2) is 6.33 Å². The molecule has 1 aromatic rings. The highest BCUT2D eigenvalue weighted by Crippen LogP contribution is 2.29. The third kappa shape index (κ3) is 3.23. The standard InChI is InChI=1S/C13H23ClN4/c1-2-8-18-12(15-11-17-18)9-16-13(10-14)6-4-3-5-7-13/h11,16H,2-10H2,1H3. The maximum absolute atomic E-state index is 6.17. The van der Waals surface area contributed by atoms with E-state index < -0.39 is 0 Å². The fraction of sp³-hybridized carbons (Fsp3) is 0.846. The highest BCUT2D eigenvalue weighted by atomic mass is 35.5. The molecular weight excluding hydrogens is 248 g/mol. The van der Waals surface area contributed by atoms with Gasteiger partial charge in [-0.05, 0) is 19.3 Å². The molecule has 0 aromatic carbocycles. The van der Waals surface area contributed by atoms with Crippen molar-refractivity contribution in [3.05, 3.63) is 12.2 Å². The van der Waals surface area contributed by atoms with Crippen molar-refractivity contribution >= 4 is 11.6 Å². The van der Waals surface area contributed by atoms with Crippen LogP contribution in [0.2, 0.25) is 0 Å². The van der Waals surface area contributed by atoms with Crippen molar-refractivity contribution in [3.8, 4) is 0 Å². The lowest BCUT2D eigenvalue weighted by Crippen LogP contribution is -2.48. The Kier molecular flexibility index (Phi) is 5.01. The average Bonchev–Trinajstić information content (AvgIpc) is 2.86. The molecule has 0 radical (unpaired) electrons. The third-order valence-corrected chi connectivity index (χ3v) is 4.33. The molecule has 5 heteroatoms. The van der Waals surface area contributed by atoms with Crippen LogP contribution in [-0.4, -0.2) is 26.2 Å². The van der Waals surface area contributed by atoms with Crippen LogP contribution in [-0.2, 0) is 13.1 Å². The molecule has 18 heavy (non-hydrogen) atoms. The summed E-state index contributed by atoms with van der Waals surface area (Å²) in [6, 6.07) is 0. The number of aromatic nitrogens is 3. The van der Waals surface area contributed by atoms with E-state index in [-0.39, 0.29) is 5.54 Å². The Bertz CT molecular complexity index is 358.